The summed E-state index contributed by atoms with van der Waals surface area (Å²) < 4.78 is 10.7. The molecule has 2 aromatic heterocycles. The van der Waals surface area contributed by atoms with Crippen molar-refractivity contribution in [2.45, 2.75) is 30.6 Å². The number of amides is 1. The van der Waals surface area contributed by atoms with Crippen LogP contribution in [0.15, 0.2) is 12.7 Å². The van der Waals surface area contributed by atoms with Crippen molar-refractivity contribution < 1.29 is 34.4 Å². The lowest BCUT2D eigenvalue weighted by atomic mass is 10.1. The number of hydrogen-bond donors (Lipinski definition) is 5. The summed E-state index contributed by atoms with van der Waals surface area (Å²) in [7, 11) is 0. The third-order valence-corrected chi connectivity index (χ3v) is 3.69. The zero-order valence-electron chi connectivity index (χ0n) is 12.5. The highest BCUT2D eigenvalue weighted by molar-refractivity contribution is 5.86. The Morgan fingerprint density at radius 3 is 2.68 bits per heavy atom. The fraction of sp³-hybridized carbons (Fsp3) is 0.417. The first kappa shape index (κ1) is 17.0. The minimum absolute atomic E-state index is 0.0957. The Bertz CT molecular complexity index is 825. The third-order valence-electron chi connectivity index (χ3n) is 3.69. The van der Waals surface area contributed by atoms with Gasteiger partial charge in [-0.25, -0.2) is 24.5 Å². The first-order valence-corrected chi connectivity index (χ1v) is 6.95. The number of rotatable bonds is 3. The van der Waals surface area contributed by atoms with Gasteiger partial charge in [0.1, 0.15) is 30.2 Å². The summed E-state index contributed by atoms with van der Waals surface area (Å²) >= 11 is 0. The predicted molar refractivity (Wildman–Crippen MR) is 77.3 cm³/mol. The molecule has 3 rings (SSSR count). The molecule has 1 amide bonds. The molecular weight excluding hydrogens is 340 g/mol. The average molecular weight is 354 g/mol. The molecule has 0 bridgehead atoms. The van der Waals surface area contributed by atoms with Gasteiger partial charge in [0, 0.05) is 0 Å². The second-order valence-corrected chi connectivity index (χ2v) is 5.24. The van der Waals surface area contributed by atoms with Crippen LogP contribution < -0.4 is 11.5 Å². The van der Waals surface area contributed by atoms with E-state index in [0.717, 1.165) is 0 Å². The van der Waals surface area contributed by atoms with Gasteiger partial charge in [0.15, 0.2) is 23.8 Å². The molecule has 0 saturated carbocycles. The quantitative estimate of drug-likeness (QED) is 0.277. The number of nitrogens with zero attached hydrogens (tertiary/aromatic N) is 4. The van der Waals surface area contributed by atoms with Crippen LogP contribution in [-0.4, -0.2) is 71.3 Å². The van der Waals surface area contributed by atoms with Crippen LogP contribution in [0.5, 0.6) is 0 Å². The van der Waals surface area contributed by atoms with E-state index in [0.29, 0.717) is 0 Å². The molecule has 0 radical (unpaired) electrons. The summed E-state index contributed by atoms with van der Waals surface area (Å²) in [5, 5.41) is 30.1. The molecule has 13 nitrogen and oxygen atoms in total. The largest absolute Gasteiger partial charge is 0.412 e. The summed E-state index contributed by atoms with van der Waals surface area (Å²) in [6.07, 6.45) is -7.11. The van der Waals surface area contributed by atoms with Gasteiger partial charge in [0.05, 0.1) is 6.33 Å². The highest BCUT2D eigenvalue weighted by atomic mass is 16.6. The molecule has 13 heteroatoms. The molecule has 2 aromatic rings. The molecule has 0 spiro atoms. The molecule has 5 atom stereocenters. The number of nitrogen functional groups attached to an aromatic ring is 1. The molecule has 134 valence electrons. The van der Waals surface area contributed by atoms with Gasteiger partial charge in [0.2, 0.25) is 0 Å². The van der Waals surface area contributed by atoms with E-state index in [9.17, 15) is 24.9 Å². The monoisotopic (exact) mass is 354 g/mol. The first-order chi connectivity index (χ1) is 11.8. The maximum absolute atomic E-state index is 11.5. The third kappa shape index (κ3) is 2.85. The van der Waals surface area contributed by atoms with E-state index in [1.165, 1.54) is 17.2 Å². The number of ether oxygens (including phenoxy) is 2. The van der Waals surface area contributed by atoms with Crippen LogP contribution in [0.4, 0.5) is 10.6 Å². The van der Waals surface area contributed by atoms with Crippen molar-refractivity contribution in [3.8, 4) is 0 Å². The Morgan fingerprint density at radius 2 is 2.00 bits per heavy atom. The smallest absolute Gasteiger partial charge is 0.387 e. The number of hydrogen-bond acceptors (Lipinski definition) is 11. The molecule has 1 saturated heterocycles. The number of imidazole rings is 1. The Kier molecular flexibility index (Phi) is 4.22. The van der Waals surface area contributed by atoms with Crippen LogP contribution in [0.1, 0.15) is 6.23 Å². The molecule has 1 fully saturated rings. The Balaban J connectivity index is 1.88. The van der Waals surface area contributed by atoms with Crippen molar-refractivity contribution in [3.63, 3.8) is 0 Å². The highest BCUT2D eigenvalue weighted by Crippen LogP contribution is 2.33. The number of aliphatic hydroxyl groups is 3. The highest BCUT2D eigenvalue weighted by Gasteiger charge is 2.49. The lowest BCUT2D eigenvalue weighted by Crippen LogP contribution is -2.44. The minimum atomic E-state index is -2.06. The van der Waals surface area contributed by atoms with Gasteiger partial charge < -0.3 is 36.3 Å². The molecular formula is C12H14N6O7. The number of anilines is 1. The summed E-state index contributed by atoms with van der Waals surface area (Å²) in [6, 6.07) is 0. The molecule has 0 aliphatic carbocycles. The predicted octanol–water partition coefficient (Wildman–Crippen LogP) is -2.99. The zero-order valence-corrected chi connectivity index (χ0v) is 12.5. The number of fused-ring (bicyclic) bond motifs is 1. The second-order valence-electron chi connectivity index (χ2n) is 5.24. The van der Waals surface area contributed by atoms with Crippen LogP contribution in [0, 0.1) is 0 Å². The second kappa shape index (κ2) is 6.21. The number of esters is 1. The van der Waals surface area contributed by atoms with E-state index < -0.39 is 42.7 Å². The fourth-order valence-electron chi connectivity index (χ4n) is 2.53. The van der Waals surface area contributed by atoms with Gasteiger partial charge in [-0.15, -0.1) is 0 Å². The van der Waals surface area contributed by atoms with Gasteiger partial charge in [-0.3, -0.25) is 4.57 Å². The maximum atomic E-state index is 11.5. The normalized spacial score (nSPS) is 27.3. The van der Waals surface area contributed by atoms with Crippen molar-refractivity contribution >= 4 is 29.0 Å². The van der Waals surface area contributed by atoms with Crippen LogP contribution in [0.25, 0.3) is 11.2 Å². The Hall–Kier alpha value is -2.87. The van der Waals surface area contributed by atoms with Crippen LogP contribution in [-0.2, 0) is 14.3 Å². The van der Waals surface area contributed by atoms with Crippen molar-refractivity contribution in [2.24, 2.45) is 5.73 Å². The van der Waals surface area contributed by atoms with Crippen molar-refractivity contribution in [1.82, 2.24) is 19.5 Å². The fourth-order valence-corrected chi connectivity index (χ4v) is 2.53. The first-order valence-electron chi connectivity index (χ1n) is 6.95. The van der Waals surface area contributed by atoms with Crippen LogP contribution >= 0.6 is 0 Å². The Morgan fingerprint density at radius 1 is 1.28 bits per heavy atom. The zero-order chi connectivity index (χ0) is 18.3. The van der Waals surface area contributed by atoms with Gasteiger partial charge >= 0.3 is 12.1 Å². The summed E-state index contributed by atoms with van der Waals surface area (Å²) in [4.78, 5) is 33.9. The molecule has 0 aromatic carbocycles. The summed E-state index contributed by atoms with van der Waals surface area (Å²) in [5.74, 6) is -1.33. The van der Waals surface area contributed by atoms with E-state index in [1.54, 1.807) is 0 Å². The number of aliphatic hydroxyl groups excluding tert-OH is 3. The average Bonchev–Trinajstić information content (AvgIpc) is 3.10. The van der Waals surface area contributed by atoms with E-state index >= 15 is 0 Å². The van der Waals surface area contributed by atoms with E-state index in [2.05, 4.69) is 25.4 Å². The van der Waals surface area contributed by atoms with E-state index in [-0.39, 0.29) is 17.0 Å². The number of primary amides is 1. The number of carbonyl (C=O) groups excluding carboxylic acids is 2. The molecule has 25 heavy (non-hydrogen) atoms. The standard InChI is InChI=1S/C12H14N6O7/c13-8-3-9(16-1-15-8)18(2-17-3)10-5(20)4(19)7(24-10)6(21)11(22)25-12(14)23/h1-2,4-7,10,19-21H,(H2,14,23)(H2,13,15,16)/t4?,5?,6?,7-,10+/m0/s1. The van der Waals surface area contributed by atoms with Crippen molar-refractivity contribution in [3.05, 3.63) is 12.7 Å². The molecule has 3 unspecified atom stereocenters. The van der Waals surface area contributed by atoms with Gasteiger partial charge in [0.25, 0.3) is 0 Å². The van der Waals surface area contributed by atoms with Crippen molar-refractivity contribution in [1.29, 1.82) is 0 Å². The van der Waals surface area contributed by atoms with Gasteiger partial charge in [-0.05, 0) is 0 Å². The Labute approximate surface area is 138 Å². The molecule has 3 heterocycles. The number of carbonyl (C=O) groups is 2. The van der Waals surface area contributed by atoms with Gasteiger partial charge in [-0.1, -0.05) is 0 Å². The summed E-state index contributed by atoms with van der Waals surface area (Å²) in [5.41, 5.74) is 10.8. The number of nitrogens with two attached hydrogens (primary N) is 2. The molecule has 1 aliphatic rings. The van der Waals surface area contributed by atoms with Crippen LogP contribution in [0.3, 0.4) is 0 Å². The maximum Gasteiger partial charge on any atom is 0.412 e. The van der Waals surface area contributed by atoms with Crippen molar-refractivity contribution in [2.75, 3.05) is 5.73 Å². The summed E-state index contributed by atoms with van der Waals surface area (Å²) in [6.45, 7) is 0. The SMILES string of the molecule is NC(=O)OC(=O)C(O)[C@H]1O[C@@H](n2cnc3c(N)ncnc32)C(O)C1O. The van der Waals surface area contributed by atoms with E-state index in [1.807, 2.05) is 0 Å². The van der Waals surface area contributed by atoms with E-state index in [4.69, 9.17) is 10.5 Å². The topological polar surface area (TPSA) is 209 Å². The lowest BCUT2D eigenvalue weighted by Gasteiger charge is -2.18. The van der Waals surface area contributed by atoms with Crippen LogP contribution in [0.2, 0.25) is 0 Å². The number of aromatic nitrogens is 4. The lowest BCUT2D eigenvalue weighted by molar-refractivity contribution is -0.160. The minimum Gasteiger partial charge on any atom is -0.387 e. The van der Waals surface area contributed by atoms with Gasteiger partial charge in [-0.2, -0.15) is 0 Å². The molecule has 7 N–H and O–H groups in total. The molecule has 1 aliphatic heterocycles.